The topological polar surface area (TPSA) is 157 Å². The predicted molar refractivity (Wildman–Crippen MR) is 186 cm³/mol. The third kappa shape index (κ3) is 8.33. The maximum atomic E-state index is 12.9. The molecule has 258 valence electrons. The van der Waals surface area contributed by atoms with Crippen LogP contribution in [0.2, 0.25) is 0 Å². The van der Waals surface area contributed by atoms with Crippen molar-refractivity contribution in [2.75, 3.05) is 46.4 Å². The van der Waals surface area contributed by atoms with Crippen LogP contribution in [-0.4, -0.2) is 99.2 Å². The van der Waals surface area contributed by atoms with Crippen molar-refractivity contribution in [2.45, 2.75) is 65.2 Å². The van der Waals surface area contributed by atoms with Gasteiger partial charge in [0.25, 0.3) is 5.91 Å². The first-order valence-corrected chi connectivity index (χ1v) is 17.1. The van der Waals surface area contributed by atoms with Gasteiger partial charge >= 0.3 is 12.1 Å². The average Bonchev–Trinajstić information content (AvgIpc) is 3.73. The van der Waals surface area contributed by atoms with Gasteiger partial charge in [-0.05, 0) is 74.9 Å². The molecule has 0 atom stereocenters. The number of para-hydroxylation sites is 2. The van der Waals surface area contributed by atoms with E-state index in [1.807, 2.05) is 38.1 Å². The van der Waals surface area contributed by atoms with Crippen molar-refractivity contribution in [3.05, 3.63) is 59.2 Å². The summed E-state index contributed by atoms with van der Waals surface area (Å²) in [5.41, 5.74) is 3.87. The van der Waals surface area contributed by atoms with Crippen LogP contribution in [-0.2, 0) is 4.74 Å². The van der Waals surface area contributed by atoms with E-state index < -0.39 is 5.97 Å². The van der Waals surface area contributed by atoms with E-state index in [9.17, 15) is 14.4 Å². The van der Waals surface area contributed by atoms with E-state index in [-0.39, 0.29) is 23.5 Å². The molecule has 0 radical (unpaired) electrons. The first kappa shape index (κ1) is 34.9. The number of rotatable bonds is 8. The van der Waals surface area contributed by atoms with Gasteiger partial charge in [0.05, 0.1) is 29.3 Å². The minimum absolute atomic E-state index is 0.0396. The van der Waals surface area contributed by atoms with Gasteiger partial charge in [-0.1, -0.05) is 39.8 Å². The van der Waals surface area contributed by atoms with Crippen LogP contribution in [0.15, 0.2) is 36.4 Å². The standard InChI is InChI=1S/C25H37N5O3.C11H12N2O2/c1-17(2)23-27-21-6-4-5-20(22(21)28-23)24(31)26-15-18-7-11-29(12-8-18)16-19-9-13-30(14-10-19)25(32)33-3;1-6(2)10-12-8-5-3-4-7(11(14)15)9(8)13-10/h4-6,17-19H,7-16H2,1-3H3,(H,26,31)(H,27,28);3-6H,1-2H3,(H,12,13)(H,14,15). The van der Waals surface area contributed by atoms with Crippen molar-refractivity contribution in [1.29, 1.82) is 0 Å². The van der Waals surface area contributed by atoms with Crippen molar-refractivity contribution in [3.8, 4) is 0 Å². The molecule has 2 fully saturated rings. The Kier molecular flexibility index (Phi) is 11.4. The van der Waals surface area contributed by atoms with Gasteiger partial charge < -0.3 is 34.9 Å². The number of carbonyl (C=O) groups is 3. The molecule has 2 aliphatic heterocycles. The largest absolute Gasteiger partial charge is 0.478 e. The fourth-order valence-corrected chi connectivity index (χ4v) is 6.50. The molecule has 0 saturated carbocycles. The van der Waals surface area contributed by atoms with E-state index in [1.54, 1.807) is 17.0 Å². The molecule has 0 spiro atoms. The summed E-state index contributed by atoms with van der Waals surface area (Å²) in [4.78, 5) is 55.2. The van der Waals surface area contributed by atoms with Crippen LogP contribution in [0.4, 0.5) is 4.79 Å². The van der Waals surface area contributed by atoms with Crippen LogP contribution >= 0.6 is 0 Å². The number of H-pyrrole nitrogens is 2. The highest BCUT2D eigenvalue weighted by Crippen LogP contribution is 2.24. The Labute approximate surface area is 281 Å². The number of fused-ring (bicyclic) bond motifs is 2. The number of nitrogens with one attached hydrogen (secondary N) is 3. The number of benzene rings is 2. The highest BCUT2D eigenvalue weighted by Gasteiger charge is 2.27. The molecular weight excluding hydrogens is 610 g/mol. The number of nitrogens with zero attached hydrogens (tertiary/aromatic N) is 4. The van der Waals surface area contributed by atoms with Gasteiger partial charge in [-0.15, -0.1) is 0 Å². The maximum Gasteiger partial charge on any atom is 0.409 e. The molecule has 4 N–H and O–H groups in total. The normalized spacial score (nSPS) is 16.4. The number of ether oxygens (including phenoxy) is 1. The molecule has 12 heteroatoms. The number of carboxylic acids is 1. The summed E-state index contributed by atoms with van der Waals surface area (Å²) in [6.07, 6.45) is 4.08. The van der Waals surface area contributed by atoms with Crippen molar-refractivity contribution in [3.63, 3.8) is 0 Å². The highest BCUT2D eigenvalue weighted by molar-refractivity contribution is 6.05. The van der Waals surface area contributed by atoms with E-state index >= 15 is 0 Å². The second-order valence-corrected chi connectivity index (χ2v) is 13.6. The van der Waals surface area contributed by atoms with Crippen molar-refractivity contribution >= 4 is 40.0 Å². The van der Waals surface area contributed by atoms with Crippen molar-refractivity contribution in [2.24, 2.45) is 11.8 Å². The lowest BCUT2D eigenvalue weighted by atomic mass is 9.93. The molecule has 2 aromatic carbocycles. The lowest BCUT2D eigenvalue weighted by Crippen LogP contribution is -2.44. The number of aromatic amines is 2. The average molecular weight is 660 g/mol. The van der Waals surface area contributed by atoms with Gasteiger partial charge in [-0.25, -0.2) is 19.6 Å². The molecule has 48 heavy (non-hydrogen) atoms. The fourth-order valence-electron chi connectivity index (χ4n) is 6.50. The summed E-state index contributed by atoms with van der Waals surface area (Å²) in [6, 6.07) is 10.9. The first-order valence-electron chi connectivity index (χ1n) is 17.1. The molecular formula is C36H49N7O5. The third-order valence-corrected chi connectivity index (χ3v) is 9.45. The smallest absolute Gasteiger partial charge is 0.409 e. The Morgan fingerprint density at radius 1 is 0.833 bits per heavy atom. The van der Waals surface area contributed by atoms with Crippen LogP contribution in [0.5, 0.6) is 0 Å². The van der Waals surface area contributed by atoms with E-state index in [0.717, 1.165) is 86.6 Å². The summed E-state index contributed by atoms with van der Waals surface area (Å²) in [7, 11) is 1.45. The molecule has 12 nitrogen and oxygen atoms in total. The molecule has 2 aromatic heterocycles. The monoisotopic (exact) mass is 659 g/mol. The molecule has 2 amide bonds. The number of piperidine rings is 2. The number of carbonyl (C=O) groups excluding carboxylic acids is 2. The number of carboxylic acid groups (broad SMARTS) is 1. The quantitative estimate of drug-likeness (QED) is 0.180. The number of aromatic nitrogens is 4. The Morgan fingerprint density at radius 3 is 1.88 bits per heavy atom. The fraction of sp³-hybridized carbons (Fsp3) is 0.528. The van der Waals surface area contributed by atoms with Crippen LogP contribution in [0.3, 0.4) is 0 Å². The zero-order valence-electron chi connectivity index (χ0n) is 28.7. The molecule has 4 heterocycles. The van der Waals surface area contributed by atoms with E-state index in [0.29, 0.717) is 35.4 Å². The highest BCUT2D eigenvalue weighted by atomic mass is 16.5. The molecule has 6 rings (SSSR count). The van der Waals surface area contributed by atoms with Gasteiger partial charge in [-0.3, -0.25) is 4.79 Å². The number of likely N-dealkylation sites (tertiary alicyclic amines) is 2. The number of amides is 2. The Morgan fingerprint density at radius 2 is 1.35 bits per heavy atom. The molecule has 0 aliphatic carbocycles. The first-order chi connectivity index (χ1) is 23.0. The van der Waals surface area contributed by atoms with Gasteiger partial charge in [0.15, 0.2) is 0 Å². The third-order valence-electron chi connectivity index (χ3n) is 9.45. The van der Waals surface area contributed by atoms with Crippen molar-refractivity contribution in [1.82, 2.24) is 35.1 Å². The maximum absolute atomic E-state index is 12.9. The molecule has 0 bridgehead atoms. The Balaban J connectivity index is 0.000000250. The summed E-state index contributed by atoms with van der Waals surface area (Å²) in [5, 5.41) is 12.1. The lowest BCUT2D eigenvalue weighted by Gasteiger charge is -2.37. The van der Waals surface area contributed by atoms with Crippen molar-refractivity contribution < 1.29 is 24.2 Å². The minimum Gasteiger partial charge on any atom is -0.478 e. The van der Waals surface area contributed by atoms with Gasteiger partial charge in [0.2, 0.25) is 0 Å². The molecule has 2 aliphatic rings. The number of imidazole rings is 2. The molecule has 4 aromatic rings. The van der Waals surface area contributed by atoms with Gasteiger partial charge in [0, 0.05) is 38.0 Å². The summed E-state index contributed by atoms with van der Waals surface area (Å²) < 4.78 is 4.83. The summed E-state index contributed by atoms with van der Waals surface area (Å²) >= 11 is 0. The van der Waals surface area contributed by atoms with E-state index in [1.165, 1.54) is 7.11 Å². The second-order valence-electron chi connectivity index (χ2n) is 13.6. The van der Waals surface area contributed by atoms with Gasteiger partial charge in [-0.2, -0.15) is 0 Å². The number of aromatic carboxylic acids is 1. The summed E-state index contributed by atoms with van der Waals surface area (Å²) in [5.74, 6) is 2.46. The predicted octanol–water partition coefficient (Wildman–Crippen LogP) is 5.99. The van der Waals surface area contributed by atoms with Crippen LogP contribution in [0.1, 0.15) is 97.6 Å². The summed E-state index contributed by atoms with van der Waals surface area (Å²) in [6.45, 7) is 13.8. The number of hydrogen-bond acceptors (Lipinski definition) is 7. The zero-order valence-corrected chi connectivity index (χ0v) is 28.7. The van der Waals surface area contributed by atoms with Crippen LogP contribution in [0.25, 0.3) is 22.1 Å². The van der Waals surface area contributed by atoms with E-state index in [4.69, 9.17) is 9.84 Å². The Bertz CT molecular complexity index is 1710. The molecule has 0 unspecified atom stereocenters. The minimum atomic E-state index is -0.942. The van der Waals surface area contributed by atoms with Crippen LogP contribution in [0, 0.1) is 11.8 Å². The Hall–Kier alpha value is -4.45. The zero-order chi connectivity index (χ0) is 34.4. The molecule has 2 saturated heterocycles. The van der Waals surface area contributed by atoms with E-state index in [2.05, 4.69) is 44.0 Å². The van der Waals surface area contributed by atoms with Crippen LogP contribution < -0.4 is 5.32 Å². The van der Waals surface area contributed by atoms with Gasteiger partial charge in [0.1, 0.15) is 22.7 Å². The second kappa shape index (κ2) is 15.6. The number of hydrogen-bond donors (Lipinski definition) is 4. The number of methoxy groups -OCH3 is 1. The lowest BCUT2D eigenvalue weighted by molar-refractivity contribution is 0.0698. The SMILES string of the molecule is CC(C)c1nc2c(C(=O)O)cccc2[nH]1.COC(=O)N1CCC(CN2CCC(CNC(=O)c3cccc4[nH]c(C(C)C)nc34)CC2)CC1.